The Bertz CT molecular complexity index is 507. The second-order valence-corrected chi connectivity index (χ2v) is 6.16. The number of nitrogens with one attached hydrogen (secondary N) is 2. The van der Waals surface area contributed by atoms with E-state index in [1.807, 2.05) is 30.3 Å². The molecule has 0 aromatic heterocycles. The van der Waals surface area contributed by atoms with Crippen molar-refractivity contribution in [2.75, 3.05) is 6.61 Å². The first kappa shape index (κ1) is 21.0. The lowest BCUT2D eigenvalue weighted by Gasteiger charge is -2.24. The van der Waals surface area contributed by atoms with Gasteiger partial charge in [-0.25, -0.2) is 4.79 Å². The minimum Gasteiger partial charge on any atom is -0.445 e. The summed E-state index contributed by atoms with van der Waals surface area (Å²) in [6, 6.07) is 8.39. The molecule has 1 aromatic carbocycles. The number of aliphatic hydroxyl groups excluding tert-OH is 1. The van der Waals surface area contributed by atoms with Crippen LogP contribution >= 0.6 is 0 Å². The molecule has 0 saturated heterocycles. The first-order chi connectivity index (χ1) is 12.1. The van der Waals surface area contributed by atoms with Crippen molar-refractivity contribution >= 4 is 12.0 Å². The van der Waals surface area contributed by atoms with Crippen LogP contribution in [0.15, 0.2) is 30.3 Å². The van der Waals surface area contributed by atoms with Gasteiger partial charge >= 0.3 is 6.09 Å². The van der Waals surface area contributed by atoms with Gasteiger partial charge in [-0.3, -0.25) is 4.79 Å². The summed E-state index contributed by atoms with van der Waals surface area (Å²) >= 11 is 0. The summed E-state index contributed by atoms with van der Waals surface area (Å²) in [7, 11) is 0. The zero-order valence-electron chi connectivity index (χ0n) is 15.2. The zero-order valence-corrected chi connectivity index (χ0v) is 15.2. The molecule has 0 aliphatic rings. The average molecular weight is 350 g/mol. The van der Waals surface area contributed by atoms with Crippen LogP contribution in [0, 0.1) is 0 Å². The van der Waals surface area contributed by atoms with Gasteiger partial charge in [0.25, 0.3) is 0 Å². The first-order valence-electron chi connectivity index (χ1n) is 8.94. The third-order valence-corrected chi connectivity index (χ3v) is 3.96. The number of ether oxygens (including phenoxy) is 1. The van der Waals surface area contributed by atoms with Crippen LogP contribution in [0.5, 0.6) is 0 Å². The molecule has 6 heteroatoms. The highest BCUT2D eigenvalue weighted by molar-refractivity contribution is 5.76. The van der Waals surface area contributed by atoms with E-state index in [0.717, 1.165) is 31.2 Å². The molecule has 0 aliphatic carbocycles. The molecule has 6 nitrogen and oxygen atoms in total. The summed E-state index contributed by atoms with van der Waals surface area (Å²) in [5.74, 6) is -0.110. The number of rotatable bonds is 11. The molecule has 0 heterocycles. The molecular weight excluding hydrogens is 320 g/mol. The normalized spacial score (nSPS) is 12.9. The summed E-state index contributed by atoms with van der Waals surface area (Å²) < 4.78 is 5.15. The third kappa shape index (κ3) is 9.10. The van der Waals surface area contributed by atoms with Crippen LogP contribution in [0.1, 0.15) is 51.5 Å². The van der Waals surface area contributed by atoms with Crippen LogP contribution in [-0.4, -0.2) is 35.8 Å². The Balaban J connectivity index is 2.32. The van der Waals surface area contributed by atoms with Gasteiger partial charge < -0.3 is 20.5 Å². The molecule has 0 radical (unpaired) electrons. The van der Waals surface area contributed by atoms with Crippen molar-refractivity contribution in [3.05, 3.63) is 35.9 Å². The number of hydrogen-bond donors (Lipinski definition) is 3. The summed E-state index contributed by atoms with van der Waals surface area (Å²) in [6.07, 6.45) is 3.94. The first-order valence-corrected chi connectivity index (χ1v) is 8.94. The molecule has 0 aliphatic heterocycles. The lowest BCUT2D eigenvalue weighted by molar-refractivity contribution is -0.122. The lowest BCUT2D eigenvalue weighted by Crippen LogP contribution is -2.52. The maximum absolute atomic E-state index is 11.9. The lowest BCUT2D eigenvalue weighted by atomic mass is 10.1. The Labute approximate surface area is 150 Å². The summed E-state index contributed by atoms with van der Waals surface area (Å²) in [6.45, 7) is 3.77. The van der Waals surface area contributed by atoms with Gasteiger partial charge in [-0.2, -0.15) is 0 Å². The fourth-order valence-corrected chi connectivity index (χ4v) is 2.37. The molecular formula is C19H30N2O4. The molecule has 25 heavy (non-hydrogen) atoms. The SMILES string of the molecule is CCCCCCC(=O)NC(CO)C(C)NC(=O)OCc1ccccc1. The van der Waals surface area contributed by atoms with Gasteiger partial charge in [0.05, 0.1) is 18.7 Å². The molecule has 0 spiro atoms. The van der Waals surface area contributed by atoms with Gasteiger partial charge in [0.1, 0.15) is 6.61 Å². The molecule has 1 rings (SSSR count). The Morgan fingerprint density at radius 3 is 2.48 bits per heavy atom. The molecule has 1 aromatic rings. The molecule has 3 N–H and O–H groups in total. The smallest absolute Gasteiger partial charge is 0.407 e. The largest absolute Gasteiger partial charge is 0.445 e. The highest BCUT2D eigenvalue weighted by Gasteiger charge is 2.20. The number of unbranched alkanes of at least 4 members (excludes halogenated alkanes) is 3. The summed E-state index contributed by atoms with van der Waals surface area (Å²) in [5, 5.41) is 14.9. The molecule has 0 fully saturated rings. The number of hydrogen-bond acceptors (Lipinski definition) is 4. The van der Waals surface area contributed by atoms with Crippen LogP contribution in [0.4, 0.5) is 4.79 Å². The average Bonchev–Trinajstić information content (AvgIpc) is 2.62. The third-order valence-electron chi connectivity index (χ3n) is 3.96. The van der Waals surface area contributed by atoms with E-state index >= 15 is 0 Å². The van der Waals surface area contributed by atoms with Crippen LogP contribution in [0.2, 0.25) is 0 Å². The highest BCUT2D eigenvalue weighted by Crippen LogP contribution is 2.04. The summed E-state index contributed by atoms with van der Waals surface area (Å²) in [5.41, 5.74) is 0.893. The second-order valence-electron chi connectivity index (χ2n) is 6.16. The number of aliphatic hydroxyl groups is 1. The molecule has 2 atom stereocenters. The monoisotopic (exact) mass is 350 g/mol. The van der Waals surface area contributed by atoms with Crippen LogP contribution < -0.4 is 10.6 Å². The van der Waals surface area contributed by atoms with Gasteiger partial charge in [-0.15, -0.1) is 0 Å². The maximum Gasteiger partial charge on any atom is 0.407 e. The Morgan fingerprint density at radius 1 is 1.12 bits per heavy atom. The zero-order chi connectivity index (χ0) is 18.5. The van der Waals surface area contributed by atoms with Gasteiger partial charge in [0, 0.05) is 6.42 Å². The van der Waals surface area contributed by atoms with Crippen molar-refractivity contribution in [1.82, 2.24) is 10.6 Å². The van der Waals surface area contributed by atoms with E-state index in [1.165, 1.54) is 0 Å². The predicted molar refractivity (Wildman–Crippen MR) is 97.0 cm³/mol. The molecule has 0 saturated carbocycles. The van der Waals surface area contributed by atoms with E-state index < -0.39 is 18.2 Å². The Morgan fingerprint density at radius 2 is 1.84 bits per heavy atom. The molecule has 2 amide bonds. The van der Waals surface area contributed by atoms with Crippen molar-refractivity contribution in [2.24, 2.45) is 0 Å². The predicted octanol–water partition coefficient (Wildman–Crippen LogP) is 2.75. The van der Waals surface area contributed by atoms with Gasteiger partial charge in [-0.1, -0.05) is 56.5 Å². The van der Waals surface area contributed by atoms with E-state index in [4.69, 9.17) is 4.74 Å². The quantitative estimate of drug-likeness (QED) is 0.536. The number of benzene rings is 1. The Hall–Kier alpha value is -2.08. The second kappa shape index (κ2) is 12.3. The van der Waals surface area contributed by atoms with E-state index in [-0.39, 0.29) is 19.1 Å². The van der Waals surface area contributed by atoms with Crippen LogP contribution in [0.3, 0.4) is 0 Å². The van der Waals surface area contributed by atoms with Crippen LogP contribution in [-0.2, 0) is 16.1 Å². The number of alkyl carbamates (subject to hydrolysis) is 1. The minimum absolute atomic E-state index is 0.110. The number of amides is 2. The van der Waals surface area contributed by atoms with Crippen molar-refractivity contribution < 1.29 is 19.4 Å². The van der Waals surface area contributed by atoms with E-state index in [2.05, 4.69) is 17.6 Å². The van der Waals surface area contributed by atoms with Gasteiger partial charge in [0.15, 0.2) is 0 Å². The van der Waals surface area contributed by atoms with Crippen molar-refractivity contribution in [3.8, 4) is 0 Å². The van der Waals surface area contributed by atoms with Gasteiger partial charge in [-0.05, 0) is 18.9 Å². The standard InChI is InChI=1S/C19H30N2O4/c1-3-4-5-9-12-18(23)21-17(13-22)15(2)20-19(24)25-14-16-10-7-6-8-11-16/h6-8,10-11,15,17,22H,3-5,9,12-14H2,1-2H3,(H,20,24)(H,21,23). The number of carbonyl (C=O) groups excluding carboxylic acids is 2. The summed E-state index contributed by atoms with van der Waals surface area (Å²) in [4.78, 5) is 23.8. The van der Waals surface area contributed by atoms with Crippen molar-refractivity contribution in [3.63, 3.8) is 0 Å². The highest BCUT2D eigenvalue weighted by atomic mass is 16.5. The number of carbonyl (C=O) groups is 2. The molecule has 2 unspecified atom stereocenters. The fraction of sp³-hybridized carbons (Fsp3) is 0.579. The van der Waals surface area contributed by atoms with E-state index in [1.54, 1.807) is 6.92 Å². The fourth-order valence-electron chi connectivity index (χ4n) is 2.37. The van der Waals surface area contributed by atoms with Crippen LogP contribution in [0.25, 0.3) is 0 Å². The van der Waals surface area contributed by atoms with E-state index in [0.29, 0.717) is 6.42 Å². The molecule has 0 bridgehead atoms. The van der Waals surface area contributed by atoms with E-state index in [9.17, 15) is 14.7 Å². The maximum atomic E-state index is 11.9. The van der Waals surface area contributed by atoms with Gasteiger partial charge in [0.2, 0.25) is 5.91 Å². The minimum atomic E-state index is -0.577. The molecule has 140 valence electrons. The van der Waals surface area contributed by atoms with Crippen molar-refractivity contribution in [1.29, 1.82) is 0 Å². The Kier molecular flexibility index (Phi) is 10.3. The topological polar surface area (TPSA) is 87.7 Å². The van der Waals surface area contributed by atoms with Crippen molar-refractivity contribution in [2.45, 2.75) is 64.6 Å².